The highest BCUT2D eigenvalue weighted by Gasteiger charge is 2.35. The van der Waals surface area contributed by atoms with Gasteiger partial charge in [-0.25, -0.2) is 4.79 Å². The Morgan fingerprint density at radius 1 is 1.31 bits per heavy atom. The van der Waals surface area contributed by atoms with Crippen molar-refractivity contribution >= 4 is 33.2 Å². The number of nitrogens with zero attached hydrogens (tertiary/aromatic N) is 1. The molecule has 0 bridgehead atoms. The average Bonchev–Trinajstić information content (AvgIpc) is 3.29. The molecule has 1 aliphatic rings. The molecular weight excluding hydrogens is 454 g/mol. The first kappa shape index (κ1) is 22.0. The Bertz CT molecular complexity index is 851. The first-order chi connectivity index (χ1) is 13.9. The van der Waals surface area contributed by atoms with Gasteiger partial charge in [0.25, 0.3) is 0 Å². The van der Waals surface area contributed by atoms with Crippen molar-refractivity contribution in [2.24, 2.45) is 0 Å². The van der Waals surface area contributed by atoms with Gasteiger partial charge in [-0.1, -0.05) is 24.3 Å². The molecule has 0 fully saturated rings. The van der Waals surface area contributed by atoms with Crippen LogP contribution in [0.5, 0.6) is 5.75 Å². The van der Waals surface area contributed by atoms with Gasteiger partial charge in [-0.15, -0.1) is 11.3 Å². The van der Waals surface area contributed by atoms with E-state index in [9.17, 15) is 9.90 Å². The minimum Gasteiger partial charge on any atom is -0.492 e. The Kier molecular flexibility index (Phi) is 7.51. The predicted molar refractivity (Wildman–Crippen MR) is 119 cm³/mol. The number of hydrogen-bond acceptors (Lipinski definition) is 5. The molecule has 156 valence electrons. The molecule has 0 aliphatic carbocycles. The monoisotopic (exact) mass is 479 g/mol. The zero-order valence-electron chi connectivity index (χ0n) is 16.6. The first-order valence-electron chi connectivity index (χ1n) is 9.67. The first-order valence-corrected chi connectivity index (χ1v) is 11.3. The van der Waals surface area contributed by atoms with E-state index in [0.29, 0.717) is 19.6 Å². The lowest BCUT2D eigenvalue weighted by Gasteiger charge is -2.34. The second-order valence-electron chi connectivity index (χ2n) is 7.08. The van der Waals surface area contributed by atoms with E-state index >= 15 is 0 Å². The van der Waals surface area contributed by atoms with Crippen LogP contribution in [0.25, 0.3) is 0 Å². The van der Waals surface area contributed by atoms with Crippen LogP contribution in [0.15, 0.2) is 52.3 Å². The zero-order valence-corrected chi connectivity index (χ0v) is 19.0. The summed E-state index contributed by atoms with van der Waals surface area (Å²) < 4.78 is 12.3. The normalized spacial score (nSPS) is 20.1. The molecule has 0 saturated carbocycles. The van der Waals surface area contributed by atoms with Crippen molar-refractivity contribution in [2.45, 2.75) is 31.9 Å². The Morgan fingerprint density at radius 2 is 2.07 bits per heavy atom. The fourth-order valence-electron chi connectivity index (χ4n) is 3.48. The molecule has 0 spiro atoms. The molecule has 0 radical (unpaired) electrons. The van der Waals surface area contributed by atoms with E-state index in [1.807, 2.05) is 24.3 Å². The van der Waals surface area contributed by atoms with Crippen LogP contribution >= 0.6 is 27.3 Å². The van der Waals surface area contributed by atoms with Crippen molar-refractivity contribution in [3.05, 3.63) is 62.8 Å². The van der Waals surface area contributed by atoms with E-state index in [2.05, 4.69) is 52.0 Å². The lowest BCUT2D eigenvalue weighted by molar-refractivity contribution is -0.149. The molecule has 2 atom stereocenters. The second kappa shape index (κ2) is 9.89. The smallest absolute Gasteiger partial charge is 0.333 e. The minimum absolute atomic E-state index is 0.102. The van der Waals surface area contributed by atoms with Gasteiger partial charge < -0.3 is 14.6 Å². The molecule has 0 amide bonds. The van der Waals surface area contributed by atoms with Crippen molar-refractivity contribution in [1.29, 1.82) is 0 Å². The number of rotatable bonds is 10. The van der Waals surface area contributed by atoms with Crippen LogP contribution in [0.3, 0.4) is 0 Å². The van der Waals surface area contributed by atoms with Gasteiger partial charge in [0.1, 0.15) is 12.4 Å². The largest absolute Gasteiger partial charge is 0.492 e. The van der Waals surface area contributed by atoms with Crippen LogP contribution in [0.2, 0.25) is 0 Å². The van der Waals surface area contributed by atoms with Gasteiger partial charge in [0.2, 0.25) is 0 Å². The minimum atomic E-state index is -0.938. The van der Waals surface area contributed by atoms with E-state index in [4.69, 9.17) is 9.47 Å². The average molecular weight is 480 g/mol. The van der Waals surface area contributed by atoms with Crippen molar-refractivity contribution in [3.8, 4) is 5.75 Å². The van der Waals surface area contributed by atoms with E-state index in [0.717, 1.165) is 28.2 Å². The summed E-state index contributed by atoms with van der Waals surface area (Å²) in [5.74, 6) is -0.156. The number of ether oxygens (including phenoxy) is 2. The third-order valence-electron chi connectivity index (χ3n) is 5.11. The van der Waals surface area contributed by atoms with Crippen LogP contribution in [0.1, 0.15) is 24.3 Å². The molecule has 0 saturated heterocycles. The van der Waals surface area contributed by atoms with E-state index < -0.39 is 12.1 Å². The number of hydrogen-bond donors (Lipinski definition) is 1. The Hall–Kier alpha value is -1.67. The van der Waals surface area contributed by atoms with E-state index in [-0.39, 0.29) is 5.54 Å². The third kappa shape index (κ3) is 5.48. The Morgan fingerprint density at radius 3 is 2.69 bits per heavy atom. The lowest BCUT2D eigenvalue weighted by Crippen LogP contribution is -2.40. The molecule has 1 aromatic heterocycles. The maximum absolute atomic E-state index is 11.2. The number of halogens is 1. The summed E-state index contributed by atoms with van der Waals surface area (Å²) in [4.78, 5) is 14.9. The van der Waals surface area contributed by atoms with Crippen LogP contribution in [-0.4, -0.2) is 48.4 Å². The molecule has 2 heterocycles. The van der Waals surface area contributed by atoms with Gasteiger partial charge in [0.15, 0.2) is 6.10 Å². The fourth-order valence-corrected chi connectivity index (χ4v) is 5.02. The quantitative estimate of drug-likeness (QED) is 0.500. The molecule has 3 rings (SSSR count). The summed E-state index contributed by atoms with van der Waals surface area (Å²) in [7, 11) is 0. The Balaban J connectivity index is 1.52. The molecule has 2 unspecified atom stereocenters. The van der Waals surface area contributed by atoms with Gasteiger partial charge in [0.05, 0.1) is 9.33 Å². The fraction of sp³-hybridized carbons (Fsp3) is 0.409. The maximum Gasteiger partial charge on any atom is 0.333 e. The number of carboxylic acids is 1. The molecule has 1 N–H and O–H groups in total. The highest BCUT2D eigenvalue weighted by Crippen LogP contribution is 2.39. The summed E-state index contributed by atoms with van der Waals surface area (Å²) in [6, 6.07) is 11.8. The van der Waals surface area contributed by atoms with Crippen molar-refractivity contribution < 1.29 is 19.4 Å². The molecule has 2 aromatic rings. The standard InChI is InChI=1S/C22H26BrNO4S/c1-3-27-18(21(25)26)15-16-5-7-17(8-6-16)28-14-13-24-12-4-11-22(24,2)19-9-10-20(23)29-19/h4-11,18H,3,12-15H2,1-2H3,(H,25,26). The number of aliphatic carboxylic acids is 1. The van der Waals surface area contributed by atoms with Gasteiger partial charge in [-0.2, -0.15) is 0 Å². The SMILES string of the molecule is CCOC(Cc1ccc(OCCN2CC=CC2(C)c2ccc(Br)s2)cc1)C(=O)O. The van der Waals surface area contributed by atoms with E-state index in [1.165, 1.54) is 4.88 Å². The van der Waals surface area contributed by atoms with Gasteiger partial charge in [0, 0.05) is 31.0 Å². The number of thiophene rings is 1. The van der Waals surface area contributed by atoms with Gasteiger partial charge in [-0.3, -0.25) is 4.90 Å². The van der Waals surface area contributed by atoms with Crippen molar-refractivity contribution in [3.63, 3.8) is 0 Å². The third-order valence-corrected chi connectivity index (χ3v) is 6.97. The van der Waals surface area contributed by atoms with Crippen LogP contribution in [0, 0.1) is 0 Å². The van der Waals surface area contributed by atoms with Crippen molar-refractivity contribution in [2.75, 3.05) is 26.3 Å². The molecule has 5 nitrogen and oxygen atoms in total. The van der Waals surface area contributed by atoms with Gasteiger partial charge >= 0.3 is 5.97 Å². The molecule has 1 aromatic carbocycles. The zero-order chi connectivity index (χ0) is 20.9. The van der Waals surface area contributed by atoms with Crippen molar-refractivity contribution in [1.82, 2.24) is 4.90 Å². The van der Waals surface area contributed by atoms with Crippen LogP contribution < -0.4 is 4.74 Å². The summed E-state index contributed by atoms with van der Waals surface area (Å²) in [5.41, 5.74) is 0.812. The molecule has 7 heteroatoms. The Labute approximate surface area is 184 Å². The van der Waals surface area contributed by atoms with Crippen LogP contribution in [0.4, 0.5) is 0 Å². The summed E-state index contributed by atoms with van der Waals surface area (Å²) in [6.45, 7) is 6.71. The summed E-state index contributed by atoms with van der Waals surface area (Å²) in [6.07, 6.45) is 4.00. The summed E-state index contributed by atoms with van der Waals surface area (Å²) in [5, 5.41) is 9.20. The molecule has 1 aliphatic heterocycles. The predicted octanol–water partition coefficient (Wildman–Crippen LogP) is 4.71. The highest BCUT2D eigenvalue weighted by molar-refractivity contribution is 9.11. The second-order valence-corrected chi connectivity index (χ2v) is 9.54. The lowest BCUT2D eigenvalue weighted by atomic mass is 10.0. The molecule has 29 heavy (non-hydrogen) atoms. The molecular formula is C22H26BrNO4S. The topological polar surface area (TPSA) is 59.0 Å². The number of carbonyl (C=O) groups is 1. The van der Waals surface area contributed by atoms with Crippen LogP contribution in [-0.2, 0) is 21.5 Å². The maximum atomic E-state index is 11.2. The highest BCUT2D eigenvalue weighted by atomic mass is 79.9. The van der Waals surface area contributed by atoms with E-state index in [1.54, 1.807) is 18.3 Å². The number of carboxylic acid groups (broad SMARTS) is 1. The number of benzene rings is 1. The summed E-state index contributed by atoms with van der Waals surface area (Å²) >= 11 is 5.31. The van der Waals surface area contributed by atoms with Gasteiger partial charge in [-0.05, 0) is 59.6 Å².